The van der Waals surface area contributed by atoms with Crippen molar-refractivity contribution in [2.75, 3.05) is 24.6 Å². The second kappa shape index (κ2) is 10.1. The van der Waals surface area contributed by atoms with Gasteiger partial charge in [0, 0.05) is 35.6 Å². The van der Waals surface area contributed by atoms with Crippen LogP contribution in [0.4, 0.5) is 0 Å². The molecule has 0 spiro atoms. The molecule has 0 radical (unpaired) electrons. The van der Waals surface area contributed by atoms with Crippen LogP contribution in [0, 0.1) is 0 Å². The highest BCUT2D eigenvalue weighted by molar-refractivity contribution is 7.91. The summed E-state index contributed by atoms with van der Waals surface area (Å²) in [6, 6.07) is 4.96. The van der Waals surface area contributed by atoms with E-state index in [4.69, 9.17) is 23.2 Å². The summed E-state index contributed by atoms with van der Waals surface area (Å²) in [6.45, 7) is 3.37. The van der Waals surface area contributed by atoms with Crippen molar-refractivity contribution < 1.29 is 13.2 Å². The molecule has 1 fully saturated rings. The SMILES string of the molecule is CCNC(=NCc1ccc(Cl)cc1Cl)NCCC(=O)NC1CCS(=O)(=O)C1. The average Bonchev–Trinajstić information content (AvgIpc) is 2.92. The molecule has 27 heavy (non-hydrogen) atoms. The van der Waals surface area contributed by atoms with Crippen LogP contribution >= 0.6 is 23.2 Å². The van der Waals surface area contributed by atoms with Crippen molar-refractivity contribution in [2.24, 2.45) is 4.99 Å². The van der Waals surface area contributed by atoms with E-state index in [1.54, 1.807) is 12.1 Å². The molecule has 0 bridgehead atoms. The Morgan fingerprint density at radius 1 is 1.30 bits per heavy atom. The highest BCUT2D eigenvalue weighted by atomic mass is 35.5. The standard InChI is InChI=1S/C17H24Cl2N4O3S/c1-2-20-17(22-10-12-3-4-13(18)9-15(12)19)21-7-5-16(24)23-14-6-8-27(25,26)11-14/h3-4,9,14H,2,5-8,10-11H2,1H3,(H,23,24)(H2,20,21,22). The van der Waals surface area contributed by atoms with Crippen molar-refractivity contribution in [2.45, 2.75) is 32.4 Å². The maximum absolute atomic E-state index is 12.0. The molecule has 1 aromatic rings. The van der Waals surface area contributed by atoms with E-state index >= 15 is 0 Å². The molecule has 1 aliphatic heterocycles. The van der Waals surface area contributed by atoms with Gasteiger partial charge in [-0.15, -0.1) is 0 Å². The number of hydrogen-bond donors (Lipinski definition) is 3. The summed E-state index contributed by atoms with van der Waals surface area (Å²) in [5.74, 6) is 0.555. The molecule has 2 rings (SSSR count). The summed E-state index contributed by atoms with van der Waals surface area (Å²) in [4.78, 5) is 16.4. The fraction of sp³-hybridized carbons (Fsp3) is 0.529. The van der Waals surface area contributed by atoms with Crippen molar-refractivity contribution >= 4 is 44.9 Å². The molecule has 1 aromatic carbocycles. The van der Waals surface area contributed by atoms with Crippen molar-refractivity contribution in [1.82, 2.24) is 16.0 Å². The van der Waals surface area contributed by atoms with Gasteiger partial charge in [0.1, 0.15) is 0 Å². The van der Waals surface area contributed by atoms with E-state index in [0.717, 1.165) is 5.56 Å². The van der Waals surface area contributed by atoms with Crippen LogP contribution in [-0.2, 0) is 21.2 Å². The second-order valence-corrected chi connectivity index (χ2v) is 9.35. The van der Waals surface area contributed by atoms with Gasteiger partial charge < -0.3 is 16.0 Å². The number of carbonyl (C=O) groups is 1. The Bertz CT molecular complexity index is 799. The van der Waals surface area contributed by atoms with Gasteiger partial charge in [-0.05, 0) is 31.0 Å². The maximum Gasteiger partial charge on any atom is 0.222 e. The lowest BCUT2D eigenvalue weighted by Gasteiger charge is -2.13. The van der Waals surface area contributed by atoms with Gasteiger partial charge in [-0.2, -0.15) is 0 Å². The first kappa shape index (κ1) is 21.8. The minimum absolute atomic E-state index is 0.0259. The van der Waals surface area contributed by atoms with Gasteiger partial charge in [-0.3, -0.25) is 4.79 Å². The fourth-order valence-electron chi connectivity index (χ4n) is 2.66. The Kier molecular flexibility index (Phi) is 8.19. The number of nitrogens with zero attached hydrogens (tertiary/aromatic N) is 1. The van der Waals surface area contributed by atoms with E-state index in [-0.39, 0.29) is 29.9 Å². The monoisotopic (exact) mass is 434 g/mol. The van der Waals surface area contributed by atoms with Crippen LogP contribution in [0.2, 0.25) is 10.0 Å². The number of halogens is 2. The van der Waals surface area contributed by atoms with Crippen LogP contribution < -0.4 is 16.0 Å². The molecule has 1 heterocycles. The number of guanidine groups is 1. The Labute approximate surface area is 169 Å². The Morgan fingerprint density at radius 2 is 2.07 bits per heavy atom. The second-order valence-electron chi connectivity index (χ2n) is 6.28. The predicted molar refractivity (Wildman–Crippen MR) is 109 cm³/mol. The Morgan fingerprint density at radius 3 is 2.70 bits per heavy atom. The molecular weight excluding hydrogens is 411 g/mol. The molecule has 0 saturated carbocycles. The molecule has 1 atom stereocenters. The van der Waals surface area contributed by atoms with Gasteiger partial charge in [-0.25, -0.2) is 13.4 Å². The fourth-order valence-corrected chi connectivity index (χ4v) is 4.80. The molecule has 3 N–H and O–H groups in total. The van der Waals surface area contributed by atoms with Gasteiger partial charge in [-0.1, -0.05) is 29.3 Å². The predicted octanol–water partition coefficient (Wildman–Crippen LogP) is 1.74. The summed E-state index contributed by atoms with van der Waals surface area (Å²) in [7, 11) is -3.00. The minimum atomic E-state index is -3.00. The number of nitrogens with one attached hydrogen (secondary N) is 3. The van der Waals surface area contributed by atoms with E-state index in [2.05, 4.69) is 20.9 Å². The lowest BCUT2D eigenvalue weighted by atomic mass is 10.2. The summed E-state index contributed by atoms with van der Waals surface area (Å²) in [5.41, 5.74) is 0.846. The molecule has 0 aliphatic carbocycles. The highest BCUT2D eigenvalue weighted by Gasteiger charge is 2.28. The number of sulfone groups is 1. The topological polar surface area (TPSA) is 99.7 Å². The van der Waals surface area contributed by atoms with Crippen LogP contribution in [0.25, 0.3) is 0 Å². The highest BCUT2D eigenvalue weighted by Crippen LogP contribution is 2.21. The van der Waals surface area contributed by atoms with Gasteiger partial charge in [0.05, 0.1) is 18.1 Å². The quantitative estimate of drug-likeness (QED) is 0.448. The van der Waals surface area contributed by atoms with Gasteiger partial charge >= 0.3 is 0 Å². The van der Waals surface area contributed by atoms with E-state index in [0.29, 0.717) is 42.1 Å². The molecular formula is C17H24Cl2N4O3S. The number of hydrogen-bond acceptors (Lipinski definition) is 4. The summed E-state index contributed by atoms with van der Waals surface area (Å²) < 4.78 is 22.8. The third kappa shape index (κ3) is 7.56. The Hall–Kier alpha value is -1.51. The zero-order chi connectivity index (χ0) is 19.9. The zero-order valence-electron chi connectivity index (χ0n) is 15.1. The Balaban J connectivity index is 1.80. The van der Waals surface area contributed by atoms with Crippen LogP contribution in [0.1, 0.15) is 25.3 Å². The molecule has 1 unspecified atom stereocenters. The van der Waals surface area contributed by atoms with Crippen LogP contribution in [0.3, 0.4) is 0 Å². The summed E-state index contributed by atoms with van der Waals surface area (Å²) >= 11 is 12.0. The lowest BCUT2D eigenvalue weighted by molar-refractivity contribution is -0.121. The van der Waals surface area contributed by atoms with Crippen molar-refractivity contribution in [3.05, 3.63) is 33.8 Å². The van der Waals surface area contributed by atoms with Gasteiger partial charge in [0.25, 0.3) is 0 Å². The summed E-state index contributed by atoms with van der Waals surface area (Å²) in [5, 5.41) is 10.1. The number of aliphatic imine (C=N–C) groups is 1. The average molecular weight is 435 g/mol. The first-order chi connectivity index (χ1) is 12.8. The number of amides is 1. The van der Waals surface area contributed by atoms with Crippen molar-refractivity contribution in [3.63, 3.8) is 0 Å². The van der Waals surface area contributed by atoms with E-state index in [1.807, 2.05) is 13.0 Å². The van der Waals surface area contributed by atoms with E-state index < -0.39 is 9.84 Å². The number of carbonyl (C=O) groups excluding carboxylic acids is 1. The third-order valence-corrected chi connectivity index (χ3v) is 6.36. The number of benzene rings is 1. The minimum Gasteiger partial charge on any atom is -0.357 e. The van der Waals surface area contributed by atoms with Crippen LogP contribution in [0.15, 0.2) is 23.2 Å². The maximum atomic E-state index is 12.0. The smallest absolute Gasteiger partial charge is 0.222 e. The third-order valence-electron chi connectivity index (χ3n) is 4.01. The van der Waals surface area contributed by atoms with E-state index in [9.17, 15) is 13.2 Å². The number of rotatable bonds is 7. The first-order valence-electron chi connectivity index (χ1n) is 8.75. The summed E-state index contributed by atoms with van der Waals surface area (Å²) in [6.07, 6.45) is 0.704. The first-order valence-corrected chi connectivity index (χ1v) is 11.3. The van der Waals surface area contributed by atoms with Crippen molar-refractivity contribution in [3.8, 4) is 0 Å². The van der Waals surface area contributed by atoms with Crippen LogP contribution in [0.5, 0.6) is 0 Å². The largest absolute Gasteiger partial charge is 0.357 e. The molecule has 1 amide bonds. The zero-order valence-corrected chi connectivity index (χ0v) is 17.4. The molecule has 7 nitrogen and oxygen atoms in total. The van der Waals surface area contributed by atoms with Gasteiger partial charge in [0.15, 0.2) is 15.8 Å². The normalized spacial score (nSPS) is 18.9. The van der Waals surface area contributed by atoms with Gasteiger partial charge in [0.2, 0.25) is 5.91 Å². The molecule has 10 heteroatoms. The molecule has 150 valence electrons. The molecule has 0 aromatic heterocycles. The molecule has 1 saturated heterocycles. The van der Waals surface area contributed by atoms with E-state index in [1.165, 1.54) is 0 Å². The van der Waals surface area contributed by atoms with Crippen LogP contribution in [-0.4, -0.2) is 50.9 Å². The molecule has 1 aliphatic rings. The van der Waals surface area contributed by atoms with Crippen molar-refractivity contribution in [1.29, 1.82) is 0 Å². The lowest BCUT2D eigenvalue weighted by Crippen LogP contribution is -2.41.